The highest BCUT2D eigenvalue weighted by molar-refractivity contribution is 5.94. The Hall–Kier alpha value is -4.16. The number of carbonyl (C=O) groups excluding carboxylic acids is 3. The van der Waals surface area contributed by atoms with Crippen LogP contribution < -0.4 is 15.0 Å². The Morgan fingerprint density at radius 2 is 1.71 bits per heavy atom. The summed E-state index contributed by atoms with van der Waals surface area (Å²) in [5, 5.41) is 7.48. The molecule has 220 valence electrons. The Morgan fingerprint density at radius 3 is 2.34 bits per heavy atom. The molecular weight excluding hydrogens is 550 g/mol. The number of carbonyl (C=O) groups is 3. The molecule has 0 unspecified atom stereocenters. The van der Waals surface area contributed by atoms with Crippen LogP contribution in [-0.2, 0) is 19.1 Å². The second-order valence-electron chi connectivity index (χ2n) is 10.7. The Morgan fingerprint density at radius 1 is 1.07 bits per heavy atom. The van der Waals surface area contributed by atoms with Crippen molar-refractivity contribution >= 4 is 34.4 Å². The second kappa shape index (κ2) is 12.1. The number of hydrogen-bond acceptors (Lipinski definition) is 8. The fourth-order valence-electron chi connectivity index (χ4n) is 4.46. The number of para-hydroxylation sites is 1. The van der Waals surface area contributed by atoms with E-state index >= 15 is 0 Å². The number of ether oxygens (including phenoxy) is 2. The first-order chi connectivity index (χ1) is 19.3. The molecule has 9 nitrogen and oxygen atoms in total. The van der Waals surface area contributed by atoms with Crippen molar-refractivity contribution in [2.45, 2.75) is 51.7 Å². The van der Waals surface area contributed by atoms with E-state index in [9.17, 15) is 31.9 Å². The molecule has 1 N–H and O–H groups in total. The zero-order chi connectivity index (χ0) is 29.9. The van der Waals surface area contributed by atoms with Crippen LogP contribution >= 0.6 is 0 Å². The van der Waals surface area contributed by atoms with E-state index in [4.69, 9.17) is 14.0 Å². The molecule has 2 heterocycles. The Labute approximate surface area is 232 Å². The lowest BCUT2D eigenvalue weighted by Crippen LogP contribution is -2.49. The van der Waals surface area contributed by atoms with E-state index in [-0.39, 0.29) is 6.07 Å². The number of nitrogens with one attached hydrogen (secondary N) is 1. The molecule has 0 radical (unpaired) electrons. The standard InChI is InChI=1S/C28H29F4N3O6/c1-28(2,3)40-22(37)13-19(20(36)14-39-25-23(31)17(29)12-18(30)24(25)32)33-27(38)15-8-10-35(11-9-15)26-16-6-4-5-7-21(16)41-34-26/h4-7,12,15,19H,8-11,13-14H2,1-3H3,(H,33,38)/t19-/m0/s1. The van der Waals surface area contributed by atoms with Crippen molar-refractivity contribution in [2.24, 2.45) is 5.92 Å². The molecule has 41 heavy (non-hydrogen) atoms. The van der Waals surface area contributed by atoms with Gasteiger partial charge in [0.25, 0.3) is 0 Å². The number of Topliss-reactive ketones (excluding diaryl/α,β-unsaturated/α-hetero) is 1. The van der Waals surface area contributed by atoms with Crippen LogP contribution in [-0.4, -0.2) is 54.2 Å². The predicted molar refractivity (Wildman–Crippen MR) is 138 cm³/mol. The first-order valence-corrected chi connectivity index (χ1v) is 12.9. The van der Waals surface area contributed by atoms with Crippen molar-refractivity contribution in [3.8, 4) is 5.75 Å². The van der Waals surface area contributed by atoms with Gasteiger partial charge in [0.05, 0.1) is 11.8 Å². The summed E-state index contributed by atoms with van der Waals surface area (Å²) < 4.78 is 70.4. The van der Waals surface area contributed by atoms with Gasteiger partial charge in [-0.2, -0.15) is 8.78 Å². The number of amides is 1. The monoisotopic (exact) mass is 579 g/mol. The van der Waals surface area contributed by atoms with Gasteiger partial charge in [0, 0.05) is 25.1 Å². The van der Waals surface area contributed by atoms with Crippen LogP contribution in [0.1, 0.15) is 40.0 Å². The molecule has 4 rings (SSSR count). The van der Waals surface area contributed by atoms with Gasteiger partial charge in [0.1, 0.15) is 18.2 Å². The third kappa shape index (κ3) is 7.14. The highest BCUT2D eigenvalue weighted by Crippen LogP contribution is 2.30. The molecule has 0 aliphatic carbocycles. The molecule has 1 fully saturated rings. The summed E-state index contributed by atoms with van der Waals surface area (Å²) in [6.45, 7) is 4.68. The molecule has 1 aliphatic rings. The number of rotatable bonds is 9. The zero-order valence-corrected chi connectivity index (χ0v) is 22.6. The van der Waals surface area contributed by atoms with Gasteiger partial charge in [-0.25, -0.2) is 8.78 Å². The lowest BCUT2D eigenvalue weighted by atomic mass is 9.95. The molecule has 2 aromatic carbocycles. The topological polar surface area (TPSA) is 111 Å². The van der Waals surface area contributed by atoms with Gasteiger partial charge in [-0.1, -0.05) is 17.3 Å². The van der Waals surface area contributed by atoms with Crippen LogP contribution in [0, 0.1) is 29.2 Å². The van der Waals surface area contributed by atoms with E-state index in [1.165, 1.54) is 0 Å². The lowest BCUT2D eigenvalue weighted by Gasteiger charge is -2.32. The quantitative estimate of drug-likeness (QED) is 0.225. The average Bonchev–Trinajstić information content (AvgIpc) is 3.34. The number of halogens is 4. The third-order valence-electron chi connectivity index (χ3n) is 6.45. The Kier molecular flexibility index (Phi) is 8.83. The largest absolute Gasteiger partial charge is 0.479 e. The highest BCUT2D eigenvalue weighted by Gasteiger charge is 2.33. The smallest absolute Gasteiger partial charge is 0.308 e. The minimum atomic E-state index is -1.82. The summed E-state index contributed by atoms with van der Waals surface area (Å²) >= 11 is 0. The summed E-state index contributed by atoms with van der Waals surface area (Å²) in [5.41, 5.74) is -0.261. The van der Waals surface area contributed by atoms with Gasteiger partial charge >= 0.3 is 5.97 Å². The number of piperidine rings is 1. The maximum atomic E-state index is 14.0. The van der Waals surface area contributed by atoms with Gasteiger partial charge in [0.15, 0.2) is 34.6 Å². The van der Waals surface area contributed by atoms with Gasteiger partial charge in [-0.15, -0.1) is 0 Å². The molecule has 1 atom stereocenters. The van der Waals surface area contributed by atoms with Crippen LogP contribution in [0.25, 0.3) is 11.0 Å². The SMILES string of the molecule is CC(C)(C)OC(=O)C[C@H](NC(=O)C1CCN(c2noc3ccccc23)CC1)C(=O)COc1c(F)c(F)cc(F)c1F. The number of benzene rings is 2. The minimum absolute atomic E-state index is 0.00127. The fourth-order valence-corrected chi connectivity index (χ4v) is 4.46. The molecule has 1 aromatic heterocycles. The van der Waals surface area contributed by atoms with Gasteiger partial charge < -0.3 is 24.2 Å². The van der Waals surface area contributed by atoms with Crippen molar-refractivity contribution in [3.63, 3.8) is 0 Å². The van der Waals surface area contributed by atoms with Gasteiger partial charge in [-0.05, 0) is 45.7 Å². The van der Waals surface area contributed by atoms with Crippen molar-refractivity contribution in [3.05, 3.63) is 53.6 Å². The van der Waals surface area contributed by atoms with Crippen LogP contribution in [0.15, 0.2) is 34.9 Å². The van der Waals surface area contributed by atoms with Crippen LogP contribution in [0.4, 0.5) is 23.4 Å². The molecule has 1 amide bonds. The maximum Gasteiger partial charge on any atom is 0.308 e. The Bertz CT molecular complexity index is 1420. The normalized spacial score (nSPS) is 15.0. The first-order valence-electron chi connectivity index (χ1n) is 12.9. The van der Waals surface area contributed by atoms with E-state index in [0.717, 1.165) is 5.39 Å². The van der Waals surface area contributed by atoms with Crippen molar-refractivity contribution in [2.75, 3.05) is 24.6 Å². The molecule has 0 saturated carbocycles. The van der Waals surface area contributed by atoms with Gasteiger partial charge in [-0.3, -0.25) is 14.4 Å². The summed E-state index contributed by atoms with van der Waals surface area (Å²) in [6.07, 6.45) is 0.198. The van der Waals surface area contributed by atoms with E-state index in [1.54, 1.807) is 26.8 Å². The van der Waals surface area contributed by atoms with Crippen molar-refractivity contribution < 1.29 is 45.9 Å². The van der Waals surface area contributed by atoms with E-state index in [2.05, 4.69) is 10.5 Å². The molecule has 0 spiro atoms. The summed E-state index contributed by atoms with van der Waals surface area (Å²) in [6, 6.07) is 5.89. The molecule has 1 aliphatic heterocycles. The van der Waals surface area contributed by atoms with E-state index in [0.29, 0.717) is 37.3 Å². The average molecular weight is 580 g/mol. The summed E-state index contributed by atoms with van der Waals surface area (Å²) in [4.78, 5) is 40.5. The predicted octanol–water partition coefficient (Wildman–Crippen LogP) is 4.47. The van der Waals surface area contributed by atoms with Crippen molar-refractivity contribution in [1.29, 1.82) is 0 Å². The zero-order valence-electron chi connectivity index (χ0n) is 22.6. The third-order valence-corrected chi connectivity index (χ3v) is 6.45. The number of fused-ring (bicyclic) bond motifs is 1. The summed E-state index contributed by atoms with van der Waals surface area (Å²) in [5.74, 6) is -10.7. The highest BCUT2D eigenvalue weighted by atomic mass is 19.2. The minimum Gasteiger partial charge on any atom is -0.479 e. The maximum absolute atomic E-state index is 14.0. The molecule has 0 bridgehead atoms. The summed E-state index contributed by atoms with van der Waals surface area (Å²) in [7, 11) is 0. The molecule has 1 saturated heterocycles. The van der Waals surface area contributed by atoms with Crippen molar-refractivity contribution in [1.82, 2.24) is 10.5 Å². The molecule has 3 aromatic rings. The van der Waals surface area contributed by atoms with E-state index < -0.39 is 77.3 Å². The number of hydrogen-bond donors (Lipinski definition) is 1. The number of anilines is 1. The lowest BCUT2D eigenvalue weighted by molar-refractivity contribution is -0.156. The number of aromatic nitrogens is 1. The number of ketones is 1. The first kappa shape index (κ1) is 29.8. The van der Waals surface area contributed by atoms with Crippen LogP contribution in [0.5, 0.6) is 5.75 Å². The second-order valence-corrected chi connectivity index (χ2v) is 10.7. The van der Waals surface area contributed by atoms with Crippen LogP contribution in [0.2, 0.25) is 0 Å². The number of nitrogens with zero attached hydrogens (tertiary/aromatic N) is 2. The van der Waals surface area contributed by atoms with Crippen LogP contribution in [0.3, 0.4) is 0 Å². The Balaban J connectivity index is 1.42. The van der Waals surface area contributed by atoms with Gasteiger partial charge in [0.2, 0.25) is 17.5 Å². The number of esters is 1. The molecular formula is C28H29F4N3O6. The molecule has 13 heteroatoms. The van der Waals surface area contributed by atoms with E-state index in [1.807, 2.05) is 23.1 Å². The fraction of sp³-hybridized carbons (Fsp3) is 0.429.